The van der Waals surface area contributed by atoms with Crippen LogP contribution in [0, 0.1) is 13.8 Å². The van der Waals surface area contributed by atoms with Crippen LogP contribution in [-0.4, -0.2) is 68.9 Å². The molecule has 3 aromatic rings. The van der Waals surface area contributed by atoms with Crippen LogP contribution in [0.4, 0.5) is 11.6 Å². The van der Waals surface area contributed by atoms with E-state index < -0.39 is 0 Å². The molecular formula is C23H30N8O. The van der Waals surface area contributed by atoms with Crippen molar-refractivity contribution in [2.24, 2.45) is 0 Å². The molecule has 0 aromatic carbocycles. The zero-order valence-electron chi connectivity index (χ0n) is 18.9. The molecule has 2 aliphatic heterocycles. The maximum Gasteiger partial charge on any atom is 0.177 e. The van der Waals surface area contributed by atoms with Crippen molar-refractivity contribution in [1.82, 2.24) is 29.5 Å². The van der Waals surface area contributed by atoms with Crippen LogP contribution in [-0.2, 0) is 16.6 Å². The summed E-state index contributed by atoms with van der Waals surface area (Å²) in [7, 11) is 0. The number of aryl methyl sites for hydroxylation is 2. The van der Waals surface area contributed by atoms with Crippen LogP contribution in [0.3, 0.4) is 0 Å². The minimum atomic E-state index is -0.0726. The van der Waals surface area contributed by atoms with E-state index in [0.717, 1.165) is 99.0 Å². The van der Waals surface area contributed by atoms with Gasteiger partial charge in [0.15, 0.2) is 11.5 Å². The van der Waals surface area contributed by atoms with Crippen LogP contribution in [0.15, 0.2) is 12.3 Å². The highest BCUT2D eigenvalue weighted by Crippen LogP contribution is 2.49. The van der Waals surface area contributed by atoms with Gasteiger partial charge in [-0.25, -0.2) is 19.5 Å². The van der Waals surface area contributed by atoms with Crippen LogP contribution in [0.2, 0.25) is 0 Å². The lowest BCUT2D eigenvalue weighted by Gasteiger charge is -2.29. The van der Waals surface area contributed by atoms with Gasteiger partial charge in [0.1, 0.15) is 17.5 Å². The second-order valence-corrected chi connectivity index (χ2v) is 9.41. The third-order valence-electron chi connectivity index (χ3n) is 7.04. The first-order valence-electron chi connectivity index (χ1n) is 11.8. The molecule has 168 valence electrons. The fourth-order valence-corrected chi connectivity index (χ4v) is 4.86. The van der Waals surface area contributed by atoms with E-state index in [1.807, 2.05) is 24.6 Å². The molecule has 0 atom stereocenters. The van der Waals surface area contributed by atoms with Gasteiger partial charge in [-0.15, -0.1) is 0 Å². The Labute approximate surface area is 187 Å². The first-order chi connectivity index (χ1) is 15.6. The first kappa shape index (κ1) is 19.8. The molecule has 0 N–H and O–H groups in total. The van der Waals surface area contributed by atoms with E-state index in [-0.39, 0.29) is 5.41 Å². The molecule has 32 heavy (non-hydrogen) atoms. The van der Waals surface area contributed by atoms with Gasteiger partial charge in [0.2, 0.25) is 0 Å². The van der Waals surface area contributed by atoms with Gasteiger partial charge in [-0.1, -0.05) is 0 Å². The molecule has 9 heteroatoms. The molecule has 0 radical (unpaired) electrons. The summed E-state index contributed by atoms with van der Waals surface area (Å²) in [6.45, 7) is 9.41. The summed E-state index contributed by atoms with van der Waals surface area (Å²) in [6, 6.07) is 2.17. The van der Waals surface area contributed by atoms with Crippen molar-refractivity contribution < 1.29 is 4.74 Å². The van der Waals surface area contributed by atoms with Gasteiger partial charge in [0, 0.05) is 50.3 Å². The van der Waals surface area contributed by atoms with Gasteiger partial charge < -0.3 is 14.5 Å². The monoisotopic (exact) mass is 434 g/mol. The fourth-order valence-electron chi connectivity index (χ4n) is 4.86. The quantitative estimate of drug-likeness (QED) is 0.605. The molecule has 0 unspecified atom stereocenters. The lowest BCUT2D eigenvalue weighted by Crippen LogP contribution is -2.37. The van der Waals surface area contributed by atoms with Gasteiger partial charge >= 0.3 is 0 Å². The molecular weight excluding hydrogens is 404 g/mol. The van der Waals surface area contributed by atoms with Crippen molar-refractivity contribution in [3.8, 4) is 0 Å². The van der Waals surface area contributed by atoms with Crippen LogP contribution in [0.5, 0.6) is 0 Å². The largest absolute Gasteiger partial charge is 0.378 e. The van der Waals surface area contributed by atoms with Gasteiger partial charge in [0.25, 0.3) is 0 Å². The molecule has 3 aromatic heterocycles. The van der Waals surface area contributed by atoms with Gasteiger partial charge in [0.05, 0.1) is 24.6 Å². The summed E-state index contributed by atoms with van der Waals surface area (Å²) in [5.74, 6) is 3.89. The summed E-state index contributed by atoms with van der Waals surface area (Å²) < 4.78 is 7.49. The molecule has 5 heterocycles. The Bertz CT molecular complexity index is 1100. The molecule has 9 nitrogen and oxygen atoms in total. The zero-order valence-corrected chi connectivity index (χ0v) is 18.9. The molecule has 2 saturated heterocycles. The normalized spacial score (nSPS) is 20.3. The van der Waals surface area contributed by atoms with Crippen LogP contribution >= 0.6 is 0 Å². The molecule has 1 saturated carbocycles. The second-order valence-electron chi connectivity index (χ2n) is 9.41. The number of hydrogen-bond acceptors (Lipinski definition) is 8. The summed E-state index contributed by atoms with van der Waals surface area (Å²) >= 11 is 0. The molecule has 0 bridgehead atoms. The highest BCUT2D eigenvalue weighted by molar-refractivity contribution is 5.52. The number of morpholine rings is 1. The van der Waals surface area contributed by atoms with Crippen LogP contribution in [0.25, 0.3) is 5.65 Å². The van der Waals surface area contributed by atoms with Gasteiger partial charge in [-0.2, -0.15) is 5.10 Å². The number of anilines is 2. The number of fused-ring (bicyclic) bond motifs is 1. The molecule has 3 aliphatic rings. The molecule has 6 rings (SSSR count). The van der Waals surface area contributed by atoms with Crippen molar-refractivity contribution in [2.75, 3.05) is 49.2 Å². The summed E-state index contributed by atoms with van der Waals surface area (Å²) in [4.78, 5) is 24.2. The lowest BCUT2D eigenvalue weighted by atomic mass is 10.0. The highest BCUT2D eigenvalue weighted by Gasteiger charge is 2.49. The predicted octanol–water partition coefficient (Wildman–Crippen LogP) is 2.24. The number of rotatable bonds is 5. The first-order valence-corrected chi connectivity index (χ1v) is 11.8. The maximum atomic E-state index is 5.56. The van der Waals surface area contributed by atoms with Crippen molar-refractivity contribution in [2.45, 2.75) is 51.4 Å². The Kier molecular flexibility index (Phi) is 4.74. The minimum Gasteiger partial charge on any atom is -0.378 e. The number of hydrogen-bond donors (Lipinski definition) is 0. The van der Waals surface area contributed by atoms with Crippen molar-refractivity contribution >= 4 is 17.3 Å². The SMILES string of the molecule is Cc1ncc(C)n2nc(C3(Cc4nc(N5CCCC5)cc(N5CCOCC5)n4)CC3)nc12. The Morgan fingerprint density at radius 3 is 2.28 bits per heavy atom. The topological polar surface area (TPSA) is 84.6 Å². The standard InChI is InChI=1S/C23H30N8O/c1-16-15-24-17(2)21-27-22(28-31(16)21)23(5-6-23)14-18-25-19(29-7-3-4-8-29)13-20(26-18)30-9-11-32-12-10-30/h13,15H,3-12,14H2,1-2H3. The van der Waals surface area contributed by atoms with Gasteiger partial charge in [-0.3, -0.25) is 4.98 Å². The molecule has 0 spiro atoms. The molecule has 1 aliphatic carbocycles. The van der Waals surface area contributed by atoms with Crippen LogP contribution < -0.4 is 9.80 Å². The smallest absolute Gasteiger partial charge is 0.177 e. The Balaban J connectivity index is 1.35. The zero-order chi connectivity index (χ0) is 21.7. The summed E-state index contributed by atoms with van der Waals surface area (Å²) in [6.07, 6.45) is 7.23. The van der Waals surface area contributed by atoms with E-state index in [1.54, 1.807) is 0 Å². The highest BCUT2D eigenvalue weighted by atomic mass is 16.5. The minimum absolute atomic E-state index is 0.0726. The summed E-state index contributed by atoms with van der Waals surface area (Å²) in [5, 5.41) is 4.89. The number of nitrogens with zero attached hydrogens (tertiary/aromatic N) is 8. The average Bonchev–Trinajstić information content (AvgIpc) is 3.21. The Morgan fingerprint density at radius 1 is 0.938 bits per heavy atom. The average molecular weight is 435 g/mol. The van der Waals surface area contributed by atoms with Gasteiger partial charge in [-0.05, 0) is 39.5 Å². The van der Waals surface area contributed by atoms with Crippen molar-refractivity contribution in [3.05, 3.63) is 35.3 Å². The third-order valence-corrected chi connectivity index (χ3v) is 7.04. The van der Waals surface area contributed by atoms with E-state index in [2.05, 4.69) is 20.9 Å². The van der Waals surface area contributed by atoms with E-state index >= 15 is 0 Å². The third kappa shape index (κ3) is 3.48. The Hall–Kier alpha value is -2.81. The van der Waals surface area contributed by atoms with Crippen molar-refractivity contribution in [3.63, 3.8) is 0 Å². The number of ether oxygens (including phenoxy) is 1. The fraction of sp³-hybridized carbons (Fsp3) is 0.609. The van der Waals surface area contributed by atoms with E-state index in [9.17, 15) is 0 Å². The van der Waals surface area contributed by atoms with Crippen molar-refractivity contribution in [1.29, 1.82) is 0 Å². The van der Waals surface area contributed by atoms with Crippen LogP contribution in [0.1, 0.15) is 48.7 Å². The summed E-state index contributed by atoms with van der Waals surface area (Å²) in [5.41, 5.74) is 2.69. The predicted molar refractivity (Wildman–Crippen MR) is 121 cm³/mol. The van der Waals surface area contributed by atoms with E-state index in [4.69, 9.17) is 24.8 Å². The molecule has 3 fully saturated rings. The van der Waals surface area contributed by atoms with E-state index in [0.29, 0.717) is 0 Å². The molecule has 0 amide bonds. The maximum absolute atomic E-state index is 5.56. The number of aromatic nitrogens is 6. The van der Waals surface area contributed by atoms with E-state index in [1.165, 1.54) is 12.8 Å². The second kappa shape index (κ2) is 7.65. The Morgan fingerprint density at radius 2 is 1.62 bits per heavy atom. The lowest BCUT2D eigenvalue weighted by molar-refractivity contribution is 0.122.